The molecule has 0 radical (unpaired) electrons. The van der Waals surface area contributed by atoms with E-state index >= 15 is 0 Å². The maximum absolute atomic E-state index is 13.1. The number of nitrogens with two attached hydrogens (primary N) is 1. The second kappa shape index (κ2) is 7.09. The summed E-state index contributed by atoms with van der Waals surface area (Å²) in [6.07, 6.45) is -3.19. The Morgan fingerprint density at radius 2 is 1.80 bits per heavy atom. The highest BCUT2D eigenvalue weighted by Gasteiger charge is 2.41. The van der Waals surface area contributed by atoms with E-state index < -0.39 is 36.1 Å². The first-order valence-electron chi connectivity index (χ1n) is 6.18. The fourth-order valence-corrected chi connectivity index (χ4v) is 2.04. The molecule has 1 rings (SSSR count). The molecule has 0 aliphatic rings. The van der Waals surface area contributed by atoms with Gasteiger partial charge in [-0.2, -0.15) is 0 Å². The van der Waals surface area contributed by atoms with Crippen LogP contribution < -0.4 is 5.73 Å². The maximum Gasteiger partial charge on any atom is 0.307 e. The van der Waals surface area contributed by atoms with Crippen LogP contribution in [0.4, 0.5) is 8.78 Å². The van der Waals surface area contributed by atoms with Crippen molar-refractivity contribution in [3.63, 3.8) is 0 Å². The number of Topliss-reactive ketones (excluding diaryl/α,β-unsaturated/α-hetero) is 1. The predicted octanol–water partition coefficient (Wildman–Crippen LogP) is 1.73. The first-order valence-corrected chi connectivity index (χ1v) is 6.18. The van der Waals surface area contributed by atoms with Gasteiger partial charge in [-0.3, -0.25) is 9.59 Å². The van der Waals surface area contributed by atoms with Crippen molar-refractivity contribution < 1.29 is 23.5 Å². The van der Waals surface area contributed by atoms with Gasteiger partial charge >= 0.3 is 5.97 Å². The van der Waals surface area contributed by atoms with E-state index in [4.69, 9.17) is 10.8 Å². The molecule has 20 heavy (non-hydrogen) atoms. The summed E-state index contributed by atoms with van der Waals surface area (Å²) in [7, 11) is 0. The lowest BCUT2D eigenvalue weighted by Crippen LogP contribution is -2.43. The highest BCUT2D eigenvalue weighted by atomic mass is 19.3. The van der Waals surface area contributed by atoms with E-state index in [1.165, 1.54) is 6.92 Å². The van der Waals surface area contributed by atoms with E-state index in [2.05, 4.69) is 0 Å². The number of ketones is 1. The highest BCUT2D eigenvalue weighted by Crippen LogP contribution is 2.26. The third-order valence-corrected chi connectivity index (χ3v) is 3.10. The molecule has 2 unspecified atom stereocenters. The number of rotatable bonds is 7. The van der Waals surface area contributed by atoms with Crippen LogP contribution in [0.15, 0.2) is 30.3 Å². The van der Waals surface area contributed by atoms with Crippen LogP contribution in [0.1, 0.15) is 12.5 Å². The molecule has 0 heterocycles. The number of benzene rings is 1. The van der Waals surface area contributed by atoms with Crippen molar-refractivity contribution in [3.8, 4) is 0 Å². The zero-order chi connectivity index (χ0) is 15.3. The van der Waals surface area contributed by atoms with Gasteiger partial charge in [0.15, 0.2) is 5.78 Å². The molecule has 110 valence electrons. The summed E-state index contributed by atoms with van der Waals surface area (Å²) >= 11 is 0. The fraction of sp³-hybridized carbons (Fsp3) is 0.429. The number of carboxylic acid groups (broad SMARTS) is 1. The van der Waals surface area contributed by atoms with Crippen LogP contribution in [-0.4, -0.2) is 29.3 Å². The largest absolute Gasteiger partial charge is 0.481 e. The van der Waals surface area contributed by atoms with Gasteiger partial charge < -0.3 is 10.8 Å². The highest BCUT2D eigenvalue weighted by molar-refractivity contribution is 5.90. The summed E-state index contributed by atoms with van der Waals surface area (Å²) in [5, 5.41) is 9.16. The zero-order valence-electron chi connectivity index (χ0n) is 11.0. The molecule has 0 saturated carbocycles. The number of aliphatic carboxylic acids is 1. The molecule has 0 amide bonds. The average molecular weight is 285 g/mol. The number of carboxylic acids is 1. The Bertz CT molecular complexity index is 463. The van der Waals surface area contributed by atoms with Crippen molar-refractivity contribution in [2.45, 2.75) is 25.8 Å². The van der Waals surface area contributed by atoms with E-state index in [-0.39, 0.29) is 6.42 Å². The molecular formula is C14H17F2NO3. The molecule has 4 nitrogen and oxygen atoms in total. The van der Waals surface area contributed by atoms with Crippen molar-refractivity contribution in [2.75, 3.05) is 0 Å². The molecule has 0 aromatic heterocycles. The van der Waals surface area contributed by atoms with Crippen molar-refractivity contribution >= 4 is 11.8 Å². The summed E-state index contributed by atoms with van der Waals surface area (Å²) in [6, 6.07) is 7.24. The van der Waals surface area contributed by atoms with Crippen molar-refractivity contribution in [1.82, 2.24) is 0 Å². The van der Waals surface area contributed by atoms with Crippen LogP contribution in [0.5, 0.6) is 0 Å². The Hall–Kier alpha value is -1.82. The van der Waals surface area contributed by atoms with Gasteiger partial charge in [0, 0.05) is 0 Å². The minimum absolute atomic E-state index is 0.135. The molecule has 0 aliphatic carbocycles. The molecule has 1 aromatic rings. The second-order valence-corrected chi connectivity index (χ2v) is 4.69. The summed E-state index contributed by atoms with van der Waals surface area (Å²) in [6.45, 7) is 1.28. The standard InChI is InChI=1S/C14H17F2NO3/c1-8(17)12(18)11(13(15)16)10(14(19)20)7-9-5-3-2-4-6-9/h2-6,8,10-11,13H,7,17H2,1H3,(H,19,20)/t8-,10?,11?/m0/s1. The average Bonchev–Trinajstić information content (AvgIpc) is 2.38. The van der Waals surface area contributed by atoms with E-state index in [9.17, 15) is 18.4 Å². The first-order chi connectivity index (χ1) is 9.34. The first kappa shape index (κ1) is 16.2. The summed E-state index contributed by atoms with van der Waals surface area (Å²) in [5.74, 6) is -5.74. The fourth-order valence-electron chi connectivity index (χ4n) is 2.04. The van der Waals surface area contributed by atoms with Gasteiger partial charge in [0.25, 0.3) is 0 Å². The molecule has 6 heteroatoms. The van der Waals surface area contributed by atoms with Crippen LogP contribution in [-0.2, 0) is 16.0 Å². The summed E-state index contributed by atoms with van der Waals surface area (Å²) < 4.78 is 26.2. The molecule has 0 bridgehead atoms. The van der Waals surface area contributed by atoms with Gasteiger partial charge in [0.2, 0.25) is 6.43 Å². The Morgan fingerprint density at radius 3 is 2.20 bits per heavy atom. The Morgan fingerprint density at radius 1 is 1.25 bits per heavy atom. The minimum Gasteiger partial charge on any atom is -0.481 e. The topological polar surface area (TPSA) is 80.4 Å². The lowest BCUT2D eigenvalue weighted by atomic mass is 9.82. The quantitative estimate of drug-likeness (QED) is 0.799. The van der Waals surface area contributed by atoms with Gasteiger partial charge in [-0.05, 0) is 18.9 Å². The zero-order valence-corrected chi connectivity index (χ0v) is 11.0. The Kier molecular flexibility index (Phi) is 5.76. The monoisotopic (exact) mass is 285 g/mol. The van der Waals surface area contributed by atoms with Crippen molar-refractivity contribution in [2.24, 2.45) is 17.6 Å². The van der Waals surface area contributed by atoms with Crippen LogP contribution in [0.3, 0.4) is 0 Å². The Labute approximate surface area is 115 Å². The van der Waals surface area contributed by atoms with Gasteiger partial charge in [0.05, 0.1) is 17.9 Å². The van der Waals surface area contributed by atoms with Crippen LogP contribution >= 0.6 is 0 Å². The number of carbonyl (C=O) groups is 2. The number of carbonyl (C=O) groups excluding carboxylic acids is 1. The second-order valence-electron chi connectivity index (χ2n) is 4.69. The molecule has 3 N–H and O–H groups in total. The third-order valence-electron chi connectivity index (χ3n) is 3.10. The summed E-state index contributed by atoms with van der Waals surface area (Å²) in [5.41, 5.74) is 5.92. The minimum atomic E-state index is -3.06. The van der Waals surface area contributed by atoms with Gasteiger partial charge in [-0.1, -0.05) is 30.3 Å². The molecular weight excluding hydrogens is 268 g/mol. The molecule has 0 fully saturated rings. The molecule has 0 spiro atoms. The van der Waals surface area contributed by atoms with Gasteiger partial charge in [0.1, 0.15) is 0 Å². The SMILES string of the molecule is C[C@H](N)C(=O)C(C(F)F)C(Cc1ccccc1)C(=O)O. The molecule has 3 atom stereocenters. The van der Waals surface area contributed by atoms with E-state index in [1.54, 1.807) is 30.3 Å². The molecule has 0 aliphatic heterocycles. The Balaban J connectivity index is 3.03. The lowest BCUT2D eigenvalue weighted by molar-refractivity contribution is -0.151. The number of halogens is 2. The lowest BCUT2D eigenvalue weighted by Gasteiger charge is -2.23. The number of alkyl halides is 2. The van der Waals surface area contributed by atoms with Crippen LogP contribution in [0, 0.1) is 11.8 Å². The molecule has 1 aromatic carbocycles. The summed E-state index contributed by atoms with van der Waals surface area (Å²) in [4.78, 5) is 23.0. The number of hydrogen-bond donors (Lipinski definition) is 2. The van der Waals surface area contributed by atoms with Crippen LogP contribution in [0.25, 0.3) is 0 Å². The van der Waals surface area contributed by atoms with E-state index in [0.29, 0.717) is 5.56 Å². The number of hydrogen-bond acceptors (Lipinski definition) is 3. The predicted molar refractivity (Wildman–Crippen MR) is 69.4 cm³/mol. The van der Waals surface area contributed by atoms with Gasteiger partial charge in [-0.15, -0.1) is 0 Å². The third kappa shape index (κ3) is 4.09. The smallest absolute Gasteiger partial charge is 0.307 e. The maximum atomic E-state index is 13.1. The normalized spacial score (nSPS) is 15.7. The molecule has 0 saturated heterocycles. The van der Waals surface area contributed by atoms with Crippen LogP contribution in [0.2, 0.25) is 0 Å². The van der Waals surface area contributed by atoms with E-state index in [1.807, 2.05) is 0 Å². The van der Waals surface area contributed by atoms with Crippen molar-refractivity contribution in [3.05, 3.63) is 35.9 Å². The van der Waals surface area contributed by atoms with E-state index in [0.717, 1.165) is 0 Å². The van der Waals surface area contributed by atoms with Crippen molar-refractivity contribution in [1.29, 1.82) is 0 Å². The van der Waals surface area contributed by atoms with Gasteiger partial charge in [-0.25, -0.2) is 8.78 Å².